The Morgan fingerprint density at radius 1 is 1.16 bits per heavy atom. The van der Waals surface area contributed by atoms with Gasteiger partial charge in [0, 0.05) is 24.7 Å². The first-order valence-corrected chi connectivity index (χ1v) is 8.92. The lowest BCUT2D eigenvalue weighted by atomic mass is 10.0. The zero-order valence-corrected chi connectivity index (χ0v) is 14.7. The second kappa shape index (κ2) is 7.25. The number of rotatable bonds is 6. The molecule has 2 atom stereocenters. The molecule has 1 aliphatic carbocycles. The number of benzene rings is 1. The first-order valence-electron chi connectivity index (χ1n) is 8.92. The van der Waals surface area contributed by atoms with E-state index in [1.54, 1.807) is 4.90 Å². The van der Waals surface area contributed by atoms with E-state index in [0.29, 0.717) is 6.54 Å². The van der Waals surface area contributed by atoms with Gasteiger partial charge in [0.2, 0.25) is 17.7 Å². The summed E-state index contributed by atoms with van der Waals surface area (Å²) in [4.78, 5) is 38.9. The van der Waals surface area contributed by atoms with Crippen molar-refractivity contribution in [2.24, 2.45) is 11.8 Å². The normalized spacial score (nSPS) is 21.3. The Kier molecular flexibility index (Phi) is 5.06. The quantitative estimate of drug-likeness (QED) is 0.821. The van der Waals surface area contributed by atoms with Crippen molar-refractivity contribution in [3.63, 3.8) is 0 Å². The smallest absolute Gasteiger partial charge is 0.243 e. The highest BCUT2D eigenvalue weighted by molar-refractivity contribution is 6.01. The third-order valence-electron chi connectivity index (χ3n) is 4.73. The summed E-state index contributed by atoms with van der Waals surface area (Å²) in [6, 6.07) is 9.04. The summed E-state index contributed by atoms with van der Waals surface area (Å²) in [6.07, 6.45) is 2.19. The van der Waals surface area contributed by atoms with Crippen molar-refractivity contribution in [1.29, 1.82) is 0 Å². The molecule has 1 saturated heterocycles. The zero-order valence-electron chi connectivity index (χ0n) is 14.7. The van der Waals surface area contributed by atoms with E-state index in [2.05, 4.69) is 10.6 Å². The molecule has 3 rings (SSSR count). The van der Waals surface area contributed by atoms with Crippen LogP contribution >= 0.6 is 0 Å². The summed E-state index contributed by atoms with van der Waals surface area (Å²) in [6.45, 7) is 4.17. The number of nitrogens with one attached hydrogen (secondary N) is 2. The predicted molar refractivity (Wildman–Crippen MR) is 94.8 cm³/mol. The number of amides is 3. The third kappa shape index (κ3) is 4.18. The Balaban J connectivity index is 1.62. The first-order chi connectivity index (χ1) is 12.0. The van der Waals surface area contributed by atoms with Crippen LogP contribution in [0.1, 0.15) is 33.1 Å². The van der Waals surface area contributed by atoms with E-state index in [9.17, 15) is 14.4 Å². The molecule has 6 heteroatoms. The van der Waals surface area contributed by atoms with E-state index in [1.807, 2.05) is 44.2 Å². The van der Waals surface area contributed by atoms with Crippen LogP contribution < -0.4 is 15.5 Å². The molecule has 2 fully saturated rings. The van der Waals surface area contributed by atoms with Gasteiger partial charge in [-0.3, -0.25) is 14.4 Å². The van der Waals surface area contributed by atoms with E-state index in [4.69, 9.17) is 0 Å². The summed E-state index contributed by atoms with van der Waals surface area (Å²) in [7, 11) is 0. The summed E-state index contributed by atoms with van der Waals surface area (Å²) in [5, 5.41) is 5.80. The van der Waals surface area contributed by atoms with Gasteiger partial charge < -0.3 is 15.5 Å². The highest BCUT2D eigenvalue weighted by Crippen LogP contribution is 2.25. The Bertz CT molecular complexity index is 655. The predicted octanol–water partition coefficient (Wildman–Crippen LogP) is 1.46. The van der Waals surface area contributed by atoms with E-state index >= 15 is 0 Å². The molecular weight excluding hydrogens is 318 g/mol. The molecular formula is C19H25N3O3. The van der Waals surface area contributed by atoms with Crippen LogP contribution in [0.25, 0.3) is 0 Å². The van der Waals surface area contributed by atoms with Crippen molar-refractivity contribution in [3.8, 4) is 0 Å². The average Bonchev–Trinajstić information content (AvgIpc) is 3.31. The van der Waals surface area contributed by atoms with Gasteiger partial charge in [0.1, 0.15) is 6.04 Å². The molecule has 2 unspecified atom stereocenters. The molecule has 2 aliphatic rings. The number of carbonyl (C=O) groups excluding carboxylic acids is 3. The molecule has 1 heterocycles. The summed E-state index contributed by atoms with van der Waals surface area (Å²) < 4.78 is 0. The van der Waals surface area contributed by atoms with Gasteiger partial charge in [-0.2, -0.15) is 0 Å². The van der Waals surface area contributed by atoms with Crippen LogP contribution in [0.4, 0.5) is 5.69 Å². The number of nitrogens with zero attached hydrogens (tertiary/aromatic N) is 1. The first kappa shape index (κ1) is 17.5. The largest absolute Gasteiger partial charge is 0.352 e. The van der Waals surface area contributed by atoms with Crippen LogP contribution in [-0.4, -0.2) is 36.3 Å². The van der Waals surface area contributed by atoms with E-state index in [-0.39, 0.29) is 36.1 Å². The van der Waals surface area contributed by atoms with Crippen molar-refractivity contribution in [2.75, 3.05) is 11.4 Å². The van der Waals surface area contributed by atoms with Gasteiger partial charge in [0.05, 0.1) is 5.92 Å². The van der Waals surface area contributed by atoms with E-state index < -0.39 is 12.0 Å². The van der Waals surface area contributed by atoms with Crippen LogP contribution in [0.5, 0.6) is 0 Å². The standard InChI is InChI=1S/C19H25N3O3/c1-12(2)17(19(25)20-14-8-9-14)21-18(24)13-10-16(23)22(11-13)15-6-4-3-5-7-15/h3-7,12-14,17H,8-11H2,1-2H3,(H,20,25)(H,21,24). The van der Waals surface area contributed by atoms with Gasteiger partial charge in [0.25, 0.3) is 0 Å². The molecule has 0 aromatic heterocycles. The molecule has 134 valence electrons. The van der Waals surface area contributed by atoms with Gasteiger partial charge in [-0.25, -0.2) is 0 Å². The summed E-state index contributed by atoms with van der Waals surface area (Å²) >= 11 is 0. The molecule has 0 spiro atoms. The lowest BCUT2D eigenvalue weighted by Gasteiger charge is -2.23. The fraction of sp³-hybridized carbons (Fsp3) is 0.526. The molecule has 1 aliphatic heterocycles. The van der Waals surface area contributed by atoms with Crippen molar-refractivity contribution in [1.82, 2.24) is 10.6 Å². The van der Waals surface area contributed by atoms with Gasteiger partial charge in [-0.15, -0.1) is 0 Å². The molecule has 25 heavy (non-hydrogen) atoms. The number of hydrogen-bond donors (Lipinski definition) is 2. The van der Waals surface area contributed by atoms with Crippen LogP contribution in [0, 0.1) is 11.8 Å². The van der Waals surface area contributed by atoms with Crippen molar-refractivity contribution < 1.29 is 14.4 Å². The third-order valence-corrected chi connectivity index (χ3v) is 4.73. The monoisotopic (exact) mass is 343 g/mol. The Morgan fingerprint density at radius 2 is 1.84 bits per heavy atom. The number of hydrogen-bond acceptors (Lipinski definition) is 3. The highest BCUT2D eigenvalue weighted by atomic mass is 16.2. The average molecular weight is 343 g/mol. The molecule has 6 nitrogen and oxygen atoms in total. The maximum Gasteiger partial charge on any atom is 0.243 e. The molecule has 1 aromatic rings. The molecule has 0 radical (unpaired) electrons. The minimum atomic E-state index is -0.561. The lowest BCUT2D eigenvalue weighted by molar-refractivity contribution is -0.132. The fourth-order valence-corrected chi connectivity index (χ4v) is 3.07. The van der Waals surface area contributed by atoms with Gasteiger partial charge >= 0.3 is 0 Å². The fourth-order valence-electron chi connectivity index (χ4n) is 3.07. The Hall–Kier alpha value is -2.37. The van der Waals surface area contributed by atoms with Crippen molar-refractivity contribution in [3.05, 3.63) is 30.3 Å². The van der Waals surface area contributed by atoms with Crippen LogP contribution in [0.15, 0.2) is 30.3 Å². The Labute approximate surface area is 148 Å². The van der Waals surface area contributed by atoms with Crippen LogP contribution in [-0.2, 0) is 14.4 Å². The van der Waals surface area contributed by atoms with E-state index in [0.717, 1.165) is 18.5 Å². The maximum absolute atomic E-state index is 12.6. The number of para-hydroxylation sites is 1. The SMILES string of the molecule is CC(C)C(NC(=O)C1CC(=O)N(c2ccccc2)C1)C(=O)NC1CC1. The zero-order chi connectivity index (χ0) is 18.0. The topological polar surface area (TPSA) is 78.5 Å². The maximum atomic E-state index is 12.6. The molecule has 1 aromatic carbocycles. The Morgan fingerprint density at radius 3 is 2.44 bits per heavy atom. The van der Waals surface area contributed by atoms with Crippen LogP contribution in [0.3, 0.4) is 0 Å². The van der Waals surface area contributed by atoms with E-state index in [1.165, 1.54) is 0 Å². The minimum Gasteiger partial charge on any atom is -0.352 e. The van der Waals surface area contributed by atoms with Crippen LogP contribution in [0.2, 0.25) is 0 Å². The summed E-state index contributed by atoms with van der Waals surface area (Å²) in [5.74, 6) is -0.853. The highest BCUT2D eigenvalue weighted by Gasteiger charge is 2.37. The number of anilines is 1. The van der Waals surface area contributed by atoms with Gasteiger partial charge in [0.15, 0.2) is 0 Å². The molecule has 2 N–H and O–H groups in total. The van der Waals surface area contributed by atoms with Crippen molar-refractivity contribution >= 4 is 23.4 Å². The minimum absolute atomic E-state index is 0.00923. The molecule has 1 saturated carbocycles. The van der Waals surface area contributed by atoms with Crippen molar-refractivity contribution in [2.45, 2.75) is 45.2 Å². The molecule has 0 bridgehead atoms. The second-order valence-corrected chi connectivity index (χ2v) is 7.25. The number of carbonyl (C=O) groups is 3. The van der Waals surface area contributed by atoms with Gasteiger partial charge in [-0.05, 0) is 30.9 Å². The lowest BCUT2D eigenvalue weighted by Crippen LogP contribution is -2.51. The molecule has 3 amide bonds. The second-order valence-electron chi connectivity index (χ2n) is 7.25. The summed E-state index contributed by atoms with van der Waals surface area (Å²) in [5.41, 5.74) is 0.801. The van der Waals surface area contributed by atoms with Gasteiger partial charge in [-0.1, -0.05) is 32.0 Å².